The van der Waals surface area contributed by atoms with Crippen LogP contribution in [-0.2, 0) is 6.42 Å². The lowest BCUT2D eigenvalue weighted by molar-refractivity contribution is 0.192. The van der Waals surface area contributed by atoms with Crippen LogP contribution in [0.4, 0.5) is 4.39 Å². The first-order valence-corrected chi connectivity index (χ1v) is 11.7. The molecule has 27 heavy (non-hydrogen) atoms. The van der Waals surface area contributed by atoms with Crippen LogP contribution in [0.2, 0.25) is 5.02 Å². The zero-order chi connectivity index (χ0) is 19.2. The average molecular weight is 391 g/mol. The van der Waals surface area contributed by atoms with Gasteiger partial charge in [-0.05, 0) is 73.8 Å². The maximum Gasteiger partial charge on any atom is 0.149 e. The van der Waals surface area contributed by atoms with E-state index in [1.165, 1.54) is 56.9 Å². The van der Waals surface area contributed by atoms with Gasteiger partial charge in [0, 0.05) is 5.56 Å². The lowest BCUT2D eigenvalue weighted by Crippen LogP contribution is -2.23. The van der Waals surface area contributed by atoms with Gasteiger partial charge in [-0.25, -0.2) is 4.39 Å². The predicted octanol–water partition coefficient (Wildman–Crippen LogP) is 8.61. The maximum absolute atomic E-state index is 14.9. The van der Waals surface area contributed by atoms with Crippen LogP contribution in [0.15, 0.2) is 18.2 Å². The van der Waals surface area contributed by atoms with Crippen LogP contribution in [0.3, 0.4) is 0 Å². The molecule has 2 heteroatoms. The SMILES string of the molecule is CCCCCc1ccc(C2=CCC(C3CCC(CC)CC3)CC2)c(F)c1Cl. The van der Waals surface area contributed by atoms with Gasteiger partial charge in [0.2, 0.25) is 0 Å². The van der Waals surface area contributed by atoms with Crippen molar-refractivity contribution in [1.82, 2.24) is 0 Å². The average Bonchev–Trinajstić information content (AvgIpc) is 2.72. The fourth-order valence-electron chi connectivity index (χ4n) is 5.19. The van der Waals surface area contributed by atoms with E-state index in [4.69, 9.17) is 11.6 Å². The third kappa shape index (κ3) is 5.17. The molecule has 0 aliphatic heterocycles. The summed E-state index contributed by atoms with van der Waals surface area (Å²) in [6.07, 6.45) is 16.9. The normalized spacial score (nSPS) is 26.1. The van der Waals surface area contributed by atoms with Crippen molar-refractivity contribution < 1.29 is 4.39 Å². The number of hydrogen-bond donors (Lipinski definition) is 0. The molecule has 0 bridgehead atoms. The summed E-state index contributed by atoms with van der Waals surface area (Å²) in [4.78, 5) is 0. The number of rotatable bonds is 7. The Balaban J connectivity index is 1.62. The second-order valence-electron chi connectivity index (χ2n) is 8.81. The van der Waals surface area contributed by atoms with Crippen molar-refractivity contribution >= 4 is 17.2 Å². The number of unbranched alkanes of at least 4 members (excludes halogenated alkanes) is 2. The molecule has 0 heterocycles. The third-order valence-electron chi connectivity index (χ3n) is 7.14. The van der Waals surface area contributed by atoms with Gasteiger partial charge in [0.05, 0.1) is 5.02 Å². The Bertz CT molecular complexity index is 640. The molecule has 0 nitrogen and oxygen atoms in total. The second-order valence-corrected chi connectivity index (χ2v) is 9.19. The Morgan fingerprint density at radius 3 is 2.41 bits per heavy atom. The molecular weight excluding hydrogens is 355 g/mol. The van der Waals surface area contributed by atoms with Crippen LogP contribution < -0.4 is 0 Å². The molecule has 2 aliphatic rings. The summed E-state index contributed by atoms with van der Waals surface area (Å²) in [7, 11) is 0. The van der Waals surface area contributed by atoms with E-state index in [0.717, 1.165) is 54.6 Å². The largest absolute Gasteiger partial charge is 0.205 e. The fraction of sp³-hybridized carbons (Fsp3) is 0.680. The van der Waals surface area contributed by atoms with Crippen molar-refractivity contribution in [1.29, 1.82) is 0 Å². The van der Waals surface area contributed by atoms with Gasteiger partial charge in [-0.1, -0.05) is 75.8 Å². The summed E-state index contributed by atoms with van der Waals surface area (Å²) in [5.74, 6) is 2.46. The van der Waals surface area contributed by atoms with Crippen molar-refractivity contribution in [3.8, 4) is 0 Å². The van der Waals surface area contributed by atoms with Gasteiger partial charge in [-0.15, -0.1) is 0 Å². The molecule has 1 fully saturated rings. The van der Waals surface area contributed by atoms with Crippen LogP contribution in [0.5, 0.6) is 0 Å². The van der Waals surface area contributed by atoms with E-state index in [1.807, 2.05) is 6.07 Å². The van der Waals surface area contributed by atoms with E-state index in [0.29, 0.717) is 5.02 Å². The summed E-state index contributed by atoms with van der Waals surface area (Å²) in [6.45, 7) is 4.51. The molecule has 0 aromatic heterocycles. The van der Waals surface area contributed by atoms with Crippen molar-refractivity contribution in [2.24, 2.45) is 17.8 Å². The highest BCUT2D eigenvalue weighted by Gasteiger charge is 2.28. The minimum Gasteiger partial charge on any atom is -0.205 e. The van der Waals surface area contributed by atoms with Crippen molar-refractivity contribution in [2.45, 2.75) is 90.9 Å². The fourth-order valence-corrected chi connectivity index (χ4v) is 5.45. The molecule has 0 spiro atoms. The molecule has 1 saturated carbocycles. The smallest absolute Gasteiger partial charge is 0.149 e. The van der Waals surface area contributed by atoms with E-state index in [9.17, 15) is 4.39 Å². The Kier molecular flexibility index (Phi) is 7.82. The molecule has 1 aromatic carbocycles. The van der Waals surface area contributed by atoms with E-state index >= 15 is 0 Å². The lowest BCUT2D eigenvalue weighted by Gasteiger charge is -2.35. The van der Waals surface area contributed by atoms with Crippen LogP contribution in [0.25, 0.3) is 5.57 Å². The number of hydrogen-bond acceptors (Lipinski definition) is 0. The molecule has 0 saturated heterocycles. The van der Waals surface area contributed by atoms with Gasteiger partial charge in [0.25, 0.3) is 0 Å². The van der Waals surface area contributed by atoms with E-state index in [-0.39, 0.29) is 5.82 Å². The highest BCUT2D eigenvalue weighted by molar-refractivity contribution is 6.31. The molecule has 1 aromatic rings. The highest BCUT2D eigenvalue weighted by Crippen LogP contribution is 2.42. The van der Waals surface area contributed by atoms with Gasteiger partial charge >= 0.3 is 0 Å². The Morgan fingerprint density at radius 1 is 1.00 bits per heavy atom. The Hall–Kier alpha value is -0.820. The first-order valence-electron chi connectivity index (χ1n) is 11.3. The predicted molar refractivity (Wildman–Crippen MR) is 116 cm³/mol. The second kappa shape index (κ2) is 10.1. The maximum atomic E-state index is 14.9. The monoisotopic (exact) mass is 390 g/mol. The minimum absolute atomic E-state index is 0.196. The topological polar surface area (TPSA) is 0 Å². The standard InChI is InChI=1S/C25H36ClF/c1-3-5-6-7-22-16-17-23(25(27)24(22)26)21-14-12-20(13-15-21)19-10-8-18(4-2)9-11-19/h14,16-20H,3-13,15H2,1-2H3. The third-order valence-corrected chi connectivity index (χ3v) is 7.55. The van der Waals surface area contributed by atoms with Crippen molar-refractivity contribution in [3.05, 3.63) is 40.2 Å². The van der Waals surface area contributed by atoms with Crippen LogP contribution in [0.1, 0.15) is 95.6 Å². The van der Waals surface area contributed by atoms with Gasteiger partial charge in [-0.3, -0.25) is 0 Å². The molecule has 0 N–H and O–H groups in total. The molecule has 1 unspecified atom stereocenters. The summed E-state index contributed by atoms with van der Waals surface area (Å²) in [6, 6.07) is 4.02. The quantitative estimate of drug-likeness (QED) is 0.408. The minimum atomic E-state index is -0.196. The first kappa shape index (κ1) is 20.9. The highest BCUT2D eigenvalue weighted by atomic mass is 35.5. The molecule has 150 valence electrons. The van der Waals surface area contributed by atoms with Gasteiger partial charge in [0.1, 0.15) is 5.82 Å². The number of aryl methyl sites for hydroxylation is 1. The first-order chi connectivity index (χ1) is 13.1. The Morgan fingerprint density at radius 2 is 1.78 bits per heavy atom. The van der Waals surface area contributed by atoms with Crippen LogP contribution in [0, 0.1) is 23.6 Å². The van der Waals surface area contributed by atoms with Crippen molar-refractivity contribution in [3.63, 3.8) is 0 Å². The number of allylic oxidation sites excluding steroid dienone is 2. The number of benzene rings is 1. The van der Waals surface area contributed by atoms with E-state index < -0.39 is 0 Å². The summed E-state index contributed by atoms with van der Waals surface area (Å²) >= 11 is 6.37. The lowest BCUT2D eigenvalue weighted by atomic mass is 9.70. The summed E-state index contributed by atoms with van der Waals surface area (Å²) in [5.41, 5.74) is 2.88. The van der Waals surface area contributed by atoms with E-state index in [2.05, 4.69) is 26.0 Å². The van der Waals surface area contributed by atoms with Gasteiger partial charge in [0.15, 0.2) is 0 Å². The molecule has 3 rings (SSSR count). The molecule has 1 atom stereocenters. The summed E-state index contributed by atoms with van der Waals surface area (Å²) in [5, 5.41) is 0.351. The van der Waals surface area contributed by atoms with Gasteiger partial charge < -0.3 is 0 Å². The summed E-state index contributed by atoms with van der Waals surface area (Å²) < 4.78 is 14.9. The van der Waals surface area contributed by atoms with Crippen molar-refractivity contribution in [2.75, 3.05) is 0 Å². The zero-order valence-corrected chi connectivity index (χ0v) is 18.0. The molecule has 2 aliphatic carbocycles. The van der Waals surface area contributed by atoms with E-state index in [1.54, 1.807) is 0 Å². The molecule has 0 radical (unpaired) electrons. The molecule has 0 amide bonds. The Labute approximate surface area is 170 Å². The number of halogens is 2. The molecular formula is C25H36ClF. The van der Waals surface area contributed by atoms with Gasteiger partial charge in [-0.2, -0.15) is 0 Å². The van der Waals surface area contributed by atoms with Crippen LogP contribution in [-0.4, -0.2) is 0 Å². The zero-order valence-electron chi connectivity index (χ0n) is 17.2. The van der Waals surface area contributed by atoms with Crippen LogP contribution >= 0.6 is 11.6 Å².